The van der Waals surface area contributed by atoms with Crippen molar-refractivity contribution in [3.8, 4) is 0 Å². The summed E-state index contributed by atoms with van der Waals surface area (Å²) in [5, 5.41) is 9.87. The van der Waals surface area contributed by atoms with Gasteiger partial charge in [0, 0.05) is 6.42 Å². The Balaban J connectivity index is 2.10. The van der Waals surface area contributed by atoms with E-state index in [0.29, 0.717) is 6.42 Å². The van der Waals surface area contributed by atoms with E-state index in [0.717, 1.165) is 16.3 Å². The Hall–Kier alpha value is -1.13. The third-order valence-electron chi connectivity index (χ3n) is 2.06. The molecule has 74 valence electrons. The van der Waals surface area contributed by atoms with Crippen LogP contribution in [0.2, 0.25) is 0 Å². The summed E-state index contributed by atoms with van der Waals surface area (Å²) >= 11 is 1.48. The van der Waals surface area contributed by atoms with E-state index in [1.807, 2.05) is 19.1 Å². The highest BCUT2D eigenvalue weighted by molar-refractivity contribution is 7.09. The van der Waals surface area contributed by atoms with E-state index >= 15 is 0 Å². The van der Waals surface area contributed by atoms with Crippen LogP contribution < -0.4 is 0 Å². The van der Waals surface area contributed by atoms with Gasteiger partial charge in [0.15, 0.2) is 0 Å². The second kappa shape index (κ2) is 3.94. The van der Waals surface area contributed by atoms with Gasteiger partial charge in [0.2, 0.25) is 0 Å². The summed E-state index contributed by atoms with van der Waals surface area (Å²) in [5.74, 6) is 0.797. The van der Waals surface area contributed by atoms with Gasteiger partial charge in [-0.15, -0.1) is 11.3 Å². The Labute approximate surface area is 86.0 Å². The van der Waals surface area contributed by atoms with Gasteiger partial charge in [0.05, 0.1) is 28.4 Å². The highest BCUT2D eigenvalue weighted by Gasteiger charge is 2.14. The molecule has 0 aliphatic heterocycles. The van der Waals surface area contributed by atoms with Crippen molar-refractivity contribution in [2.75, 3.05) is 0 Å². The molecule has 4 heteroatoms. The van der Waals surface area contributed by atoms with Crippen LogP contribution in [0.25, 0.3) is 0 Å². The van der Waals surface area contributed by atoms with Gasteiger partial charge in [0.1, 0.15) is 5.76 Å². The molecule has 3 nitrogen and oxygen atoms in total. The van der Waals surface area contributed by atoms with Gasteiger partial charge in [-0.25, -0.2) is 4.98 Å². The summed E-state index contributed by atoms with van der Waals surface area (Å²) in [7, 11) is 0. The number of aliphatic hydroxyl groups is 1. The van der Waals surface area contributed by atoms with E-state index in [4.69, 9.17) is 4.42 Å². The van der Waals surface area contributed by atoms with Crippen molar-refractivity contribution < 1.29 is 9.52 Å². The molecule has 14 heavy (non-hydrogen) atoms. The Morgan fingerprint density at radius 2 is 2.50 bits per heavy atom. The molecule has 1 N–H and O–H groups in total. The quantitative estimate of drug-likeness (QED) is 0.843. The average Bonchev–Trinajstić information content (AvgIpc) is 2.75. The van der Waals surface area contributed by atoms with E-state index in [2.05, 4.69) is 4.98 Å². The lowest BCUT2D eigenvalue weighted by Gasteiger charge is -2.06. The first-order valence-electron chi connectivity index (χ1n) is 4.38. The summed E-state index contributed by atoms with van der Waals surface area (Å²) in [5.41, 5.74) is 2.64. The number of aliphatic hydroxyl groups excluding tert-OH is 1. The maximum Gasteiger partial charge on any atom is 0.106 e. The number of aromatic nitrogens is 1. The summed E-state index contributed by atoms with van der Waals surface area (Å²) in [4.78, 5) is 5.01. The second-order valence-electron chi connectivity index (χ2n) is 3.10. The molecule has 1 atom stereocenters. The van der Waals surface area contributed by atoms with Gasteiger partial charge < -0.3 is 9.52 Å². The van der Waals surface area contributed by atoms with Crippen molar-refractivity contribution in [3.05, 3.63) is 40.2 Å². The van der Waals surface area contributed by atoms with Crippen LogP contribution >= 0.6 is 11.3 Å². The molecule has 0 aromatic carbocycles. The minimum atomic E-state index is -0.506. The lowest BCUT2D eigenvalue weighted by atomic mass is 10.1. The van der Waals surface area contributed by atoms with Crippen LogP contribution in [0.3, 0.4) is 0 Å². The topological polar surface area (TPSA) is 46.3 Å². The third kappa shape index (κ3) is 1.86. The fraction of sp³-hybridized carbons (Fsp3) is 0.300. The lowest BCUT2D eigenvalue weighted by Crippen LogP contribution is -2.00. The van der Waals surface area contributed by atoms with Crippen molar-refractivity contribution >= 4 is 11.3 Å². The predicted octanol–water partition coefficient (Wildman–Crippen LogP) is 2.32. The zero-order valence-electron chi connectivity index (χ0n) is 7.80. The number of thiazole rings is 1. The average molecular weight is 209 g/mol. The maximum absolute atomic E-state index is 9.87. The number of nitrogens with zero attached hydrogens (tertiary/aromatic N) is 1. The van der Waals surface area contributed by atoms with Crippen molar-refractivity contribution in [2.24, 2.45) is 0 Å². The summed E-state index contributed by atoms with van der Waals surface area (Å²) < 4.78 is 5.17. The van der Waals surface area contributed by atoms with E-state index in [1.54, 1.807) is 11.8 Å². The molecule has 0 spiro atoms. The molecule has 2 rings (SSSR count). The normalized spacial score (nSPS) is 13.0. The zero-order valence-corrected chi connectivity index (χ0v) is 8.62. The van der Waals surface area contributed by atoms with E-state index < -0.39 is 6.10 Å². The molecule has 0 bridgehead atoms. The summed E-state index contributed by atoms with van der Waals surface area (Å²) in [6.45, 7) is 1.90. The van der Waals surface area contributed by atoms with Gasteiger partial charge in [-0.05, 0) is 19.1 Å². The number of aryl methyl sites for hydroxylation is 1. The van der Waals surface area contributed by atoms with Crippen LogP contribution in [0, 0.1) is 6.92 Å². The number of hydrogen-bond donors (Lipinski definition) is 1. The van der Waals surface area contributed by atoms with Crippen LogP contribution in [0.4, 0.5) is 0 Å². The summed E-state index contributed by atoms with van der Waals surface area (Å²) in [6.07, 6.45) is 1.62. The molecule has 2 heterocycles. The van der Waals surface area contributed by atoms with E-state index in [9.17, 15) is 5.11 Å². The monoisotopic (exact) mass is 209 g/mol. The van der Waals surface area contributed by atoms with Crippen LogP contribution in [-0.4, -0.2) is 10.1 Å². The molecular formula is C10H11NO2S. The predicted molar refractivity (Wildman–Crippen MR) is 54.2 cm³/mol. The fourth-order valence-electron chi connectivity index (χ4n) is 1.34. The molecule has 0 aliphatic rings. The number of hydrogen-bond acceptors (Lipinski definition) is 4. The second-order valence-corrected chi connectivity index (χ2v) is 3.99. The first kappa shape index (κ1) is 9.43. The van der Waals surface area contributed by atoms with Gasteiger partial charge in [-0.1, -0.05) is 0 Å². The Morgan fingerprint density at radius 1 is 1.64 bits per heavy atom. The van der Waals surface area contributed by atoms with Gasteiger partial charge in [0.25, 0.3) is 0 Å². The Bertz CT molecular complexity index is 394. The minimum Gasteiger partial charge on any atom is -0.469 e. The first-order valence-corrected chi connectivity index (χ1v) is 5.26. The van der Waals surface area contributed by atoms with Crippen molar-refractivity contribution in [3.63, 3.8) is 0 Å². The van der Waals surface area contributed by atoms with Crippen LogP contribution in [-0.2, 0) is 6.42 Å². The molecule has 0 radical (unpaired) electrons. The highest BCUT2D eigenvalue weighted by atomic mass is 32.1. The molecule has 0 aliphatic carbocycles. The molecule has 0 amide bonds. The smallest absolute Gasteiger partial charge is 0.106 e. The van der Waals surface area contributed by atoms with Crippen molar-refractivity contribution in [1.82, 2.24) is 4.98 Å². The largest absolute Gasteiger partial charge is 0.469 e. The molecule has 2 aromatic heterocycles. The molecule has 0 saturated carbocycles. The number of rotatable bonds is 3. The first-order chi connectivity index (χ1) is 6.77. The fourth-order valence-corrected chi connectivity index (χ4v) is 2.13. The highest BCUT2D eigenvalue weighted by Crippen LogP contribution is 2.24. The maximum atomic E-state index is 9.87. The minimum absolute atomic E-state index is 0.506. The van der Waals surface area contributed by atoms with Crippen molar-refractivity contribution in [2.45, 2.75) is 19.4 Å². The van der Waals surface area contributed by atoms with Crippen LogP contribution in [0.5, 0.6) is 0 Å². The van der Waals surface area contributed by atoms with Gasteiger partial charge in [-0.2, -0.15) is 0 Å². The Kier molecular flexibility index (Phi) is 2.65. The van der Waals surface area contributed by atoms with Crippen LogP contribution in [0.15, 0.2) is 28.3 Å². The molecule has 1 unspecified atom stereocenters. The van der Waals surface area contributed by atoms with Crippen LogP contribution in [0.1, 0.15) is 22.4 Å². The summed E-state index contributed by atoms with van der Waals surface area (Å²) in [6, 6.07) is 3.68. The number of furan rings is 1. The lowest BCUT2D eigenvalue weighted by molar-refractivity contribution is 0.173. The molecule has 0 fully saturated rings. The Morgan fingerprint density at radius 3 is 3.07 bits per heavy atom. The van der Waals surface area contributed by atoms with Gasteiger partial charge in [-0.3, -0.25) is 0 Å². The molecular weight excluding hydrogens is 198 g/mol. The van der Waals surface area contributed by atoms with Gasteiger partial charge >= 0.3 is 0 Å². The molecule has 2 aromatic rings. The molecule has 0 saturated heterocycles. The SMILES string of the molecule is Cc1ncsc1C(O)Cc1ccco1. The van der Waals surface area contributed by atoms with E-state index in [1.165, 1.54) is 11.3 Å². The zero-order chi connectivity index (χ0) is 9.97. The van der Waals surface area contributed by atoms with Crippen molar-refractivity contribution in [1.29, 1.82) is 0 Å². The third-order valence-corrected chi connectivity index (χ3v) is 3.09. The van der Waals surface area contributed by atoms with E-state index in [-0.39, 0.29) is 0 Å². The standard InChI is InChI=1S/C10H11NO2S/c1-7-10(14-6-11-7)9(12)5-8-3-2-4-13-8/h2-4,6,9,12H,5H2,1H3.